The van der Waals surface area contributed by atoms with E-state index in [1.54, 1.807) is 0 Å². The molecule has 3 nitrogen and oxygen atoms in total. The van der Waals surface area contributed by atoms with Gasteiger partial charge in [0.25, 0.3) is 0 Å². The summed E-state index contributed by atoms with van der Waals surface area (Å²) in [5, 5.41) is 2.34. The van der Waals surface area contributed by atoms with E-state index in [4.69, 9.17) is 5.73 Å². The molecule has 1 amide bonds. The topological polar surface area (TPSA) is 55.1 Å². The Balaban J connectivity index is 0.000000490. The molecule has 0 aromatic rings. The summed E-state index contributed by atoms with van der Waals surface area (Å²) < 4.78 is 0. The molecule has 0 aromatic heterocycles. The number of thiol groups is 1. The molecule has 0 aliphatic carbocycles. The second kappa shape index (κ2) is 2.57. The molecule has 1 fully saturated rings. The van der Waals surface area contributed by atoms with Crippen molar-refractivity contribution in [3.8, 4) is 0 Å². The first-order valence-corrected chi connectivity index (χ1v) is 2.47. The molecule has 5 heteroatoms. The second-order valence-corrected chi connectivity index (χ2v) is 2.04. The fourth-order valence-electron chi connectivity index (χ4n) is 0.379. The first-order chi connectivity index (χ1) is 3.22. The van der Waals surface area contributed by atoms with Crippen molar-refractivity contribution in [2.45, 2.75) is 11.4 Å². The zero-order chi connectivity index (χ0) is 5.44. The van der Waals surface area contributed by atoms with Crippen molar-refractivity contribution in [2.75, 3.05) is 0 Å². The number of rotatable bonds is 0. The van der Waals surface area contributed by atoms with E-state index < -0.39 is 0 Å². The van der Waals surface area contributed by atoms with Gasteiger partial charge in [0.05, 0.1) is 5.37 Å². The Morgan fingerprint density at radius 1 is 1.75 bits per heavy atom. The lowest BCUT2D eigenvalue weighted by Gasteiger charge is -2.29. The van der Waals surface area contributed by atoms with Crippen LogP contribution in [-0.2, 0) is 4.79 Å². The average molecular weight is 155 g/mol. The maximum atomic E-state index is 10.2. The van der Waals surface area contributed by atoms with Crippen LogP contribution < -0.4 is 11.1 Å². The highest BCUT2D eigenvalue weighted by molar-refractivity contribution is 7.81. The van der Waals surface area contributed by atoms with Crippen LogP contribution in [0, 0.1) is 0 Å². The van der Waals surface area contributed by atoms with E-state index in [1.807, 2.05) is 0 Å². The first-order valence-electron chi connectivity index (χ1n) is 1.96. The molecule has 1 aliphatic heterocycles. The van der Waals surface area contributed by atoms with Gasteiger partial charge in [-0.1, -0.05) is 0 Å². The van der Waals surface area contributed by atoms with Crippen molar-refractivity contribution in [1.29, 1.82) is 0 Å². The summed E-state index contributed by atoms with van der Waals surface area (Å²) in [6, 6.07) is -0.386. The number of β-lactam (4-membered cyclic amide) rings is 1. The molecule has 0 radical (unpaired) electrons. The smallest absolute Gasteiger partial charge is 0.240 e. The Morgan fingerprint density at radius 2 is 2.25 bits per heavy atom. The lowest BCUT2D eigenvalue weighted by atomic mass is 10.2. The minimum absolute atomic E-state index is 0. The van der Waals surface area contributed by atoms with Crippen molar-refractivity contribution in [3.05, 3.63) is 0 Å². The Hall–Kier alpha value is 0.0700. The molecular formula is C3H7ClN2OS. The first kappa shape index (κ1) is 8.07. The highest BCUT2D eigenvalue weighted by Crippen LogP contribution is 2.05. The van der Waals surface area contributed by atoms with Gasteiger partial charge in [0.15, 0.2) is 0 Å². The number of halogens is 1. The number of nitrogens with two attached hydrogens (primary N) is 1. The molecule has 0 spiro atoms. The maximum absolute atomic E-state index is 10.2. The fraction of sp³-hybridized carbons (Fsp3) is 0.667. The van der Waals surface area contributed by atoms with Gasteiger partial charge >= 0.3 is 0 Å². The number of carbonyl (C=O) groups excluding carboxylic acids is 1. The van der Waals surface area contributed by atoms with Crippen LogP contribution in [0.2, 0.25) is 0 Å². The largest absolute Gasteiger partial charge is 0.341 e. The Kier molecular flexibility index (Phi) is 2.59. The van der Waals surface area contributed by atoms with Crippen LogP contribution in [0.25, 0.3) is 0 Å². The van der Waals surface area contributed by atoms with Crippen LogP contribution >= 0.6 is 25.0 Å². The molecule has 48 valence electrons. The van der Waals surface area contributed by atoms with E-state index in [0.717, 1.165) is 0 Å². The zero-order valence-corrected chi connectivity index (χ0v) is 5.71. The van der Waals surface area contributed by atoms with Crippen LogP contribution in [-0.4, -0.2) is 17.3 Å². The molecule has 1 aliphatic rings. The van der Waals surface area contributed by atoms with Crippen LogP contribution in [0.3, 0.4) is 0 Å². The van der Waals surface area contributed by atoms with Gasteiger partial charge in [-0.15, -0.1) is 12.4 Å². The van der Waals surface area contributed by atoms with Crippen LogP contribution in [0.15, 0.2) is 0 Å². The van der Waals surface area contributed by atoms with E-state index in [0.29, 0.717) is 0 Å². The normalized spacial score (nSPS) is 34.5. The van der Waals surface area contributed by atoms with Crippen molar-refractivity contribution >= 4 is 30.9 Å². The summed E-state index contributed by atoms with van der Waals surface area (Å²) in [6.45, 7) is 0. The summed E-state index contributed by atoms with van der Waals surface area (Å²) in [5.41, 5.74) is 5.18. The van der Waals surface area contributed by atoms with E-state index in [1.165, 1.54) is 0 Å². The molecule has 2 unspecified atom stereocenters. The van der Waals surface area contributed by atoms with Gasteiger partial charge in [0.1, 0.15) is 6.04 Å². The van der Waals surface area contributed by atoms with Crippen LogP contribution in [0.5, 0.6) is 0 Å². The number of nitrogens with one attached hydrogen (secondary N) is 1. The summed E-state index contributed by atoms with van der Waals surface area (Å²) in [4.78, 5) is 10.2. The number of carbonyl (C=O) groups is 1. The minimum Gasteiger partial charge on any atom is -0.341 e. The highest BCUT2D eigenvalue weighted by atomic mass is 35.5. The monoisotopic (exact) mass is 154 g/mol. The Morgan fingerprint density at radius 3 is 2.25 bits per heavy atom. The SMILES string of the molecule is Cl.NC1C(=O)NC1S. The Labute approximate surface area is 58.8 Å². The van der Waals surface area contributed by atoms with E-state index in [-0.39, 0.29) is 29.7 Å². The van der Waals surface area contributed by atoms with Crippen molar-refractivity contribution in [2.24, 2.45) is 5.73 Å². The van der Waals surface area contributed by atoms with Gasteiger partial charge in [-0.05, 0) is 0 Å². The molecule has 1 saturated heterocycles. The van der Waals surface area contributed by atoms with E-state index in [9.17, 15) is 4.79 Å². The standard InChI is InChI=1S/C3H6N2OS.ClH/c4-1-2(6)5-3(1)7;/h1,3,7H,4H2,(H,5,6);1H. The summed E-state index contributed by atoms with van der Waals surface area (Å²) in [5.74, 6) is -0.111. The number of hydrogen-bond acceptors (Lipinski definition) is 3. The fourth-order valence-corrected chi connectivity index (χ4v) is 0.642. The van der Waals surface area contributed by atoms with Crippen molar-refractivity contribution in [1.82, 2.24) is 5.32 Å². The van der Waals surface area contributed by atoms with Gasteiger partial charge in [-0.3, -0.25) is 4.79 Å². The van der Waals surface area contributed by atoms with Gasteiger partial charge < -0.3 is 11.1 Å². The molecule has 8 heavy (non-hydrogen) atoms. The van der Waals surface area contributed by atoms with Gasteiger partial charge in [0, 0.05) is 0 Å². The third kappa shape index (κ3) is 1.07. The molecule has 0 bridgehead atoms. The predicted octanol–water partition coefficient (Wildman–Crippen LogP) is -0.879. The van der Waals surface area contributed by atoms with Crippen LogP contribution in [0.4, 0.5) is 0 Å². The molecule has 0 saturated carbocycles. The maximum Gasteiger partial charge on any atom is 0.240 e. The third-order valence-electron chi connectivity index (χ3n) is 0.933. The Bertz CT molecular complexity index is 109. The lowest BCUT2D eigenvalue weighted by molar-refractivity contribution is -0.128. The minimum atomic E-state index is -0.386. The van der Waals surface area contributed by atoms with E-state index >= 15 is 0 Å². The zero-order valence-electron chi connectivity index (χ0n) is 4.00. The molecule has 1 rings (SSSR count). The molecule has 1 heterocycles. The van der Waals surface area contributed by atoms with Crippen molar-refractivity contribution in [3.63, 3.8) is 0 Å². The molecule has 0 aromatic carbocycles. The summed E-state index contributed by atoms with van der Waals surface area (Å²) in [7, 11) is 0. The van der Waals surface area contributed by atoms with Gasteiger partial charge in [-0.25, -0.2) is 0 Å². The highest BCUT2D eigenvalue weighted by Gasteiger charge is 2.32. The predicted molar refractivity (Wildman–Crippen MR) is 36.1 cm³/mol. The van der Waals surface area contributed by atoms with Gasteiger partial charge in [-0.2, -0.15) is 12.6 Å². The lowest BCUT2D eigenvalue weighted by Crippen LogP contribution is -2.63. The van der Waals surface area contributed by atoms with Gasteiger partial charge in [0.2, 0.25) is 5.91 Å². The molecular weight excluding hydrogens is 148 g/mol. The van der Waals surface area contributed by atoms with E-state index in [2.05, 4.69) is 17.9 Å². The number of hydrogen-bond donors (Lipinski definition) is 3. The number of amides is 1. The summed E-state index contributed by atoms with van der Waals surface area (Å²) >= 11 is 3.88. The molecule has 2 atom stereocenters. The third-order valence-corrected chi connectivity index (χ3v) is 1.38. The second-order valence-electron chi connectivity index (χ2n) is 1.48. The van der Waals surface area contributed by atoms with Crippen molar-refractivity contribution < 1.29 is 4.79 Å². The summed E-state index contributed by atoms with van der Waals surface area (Å²) in [6.07, 6.45) is 0. The molecule has 3 N–H and O–H groups in total. The average Bonchev–Trinajstić information content (AvgIpc) is 1.68. The quantitative estimate of drug-likeness (QED) is 0.314. The van der Waals surface area contributed by atoms with Crippen LogP contribution in [0.1, 0.15) is 0 Å².